The summed E-state index contributed by atoms with van der Waals surface area (Å²) in [5, 5.41) is 13.1. The number of carboxylic acids is 1. The van der Waals surface area contributed by atoms with E-state index in [0.29, 0.717) is 11.8 Å². The summed E-state index contributed by atoms with van der Waals surface area (Å²) in [6.45, 7) is 1.83. The van der Waals surface area contributed by atoms with Crippen molar-refractivity contribution in [3.8, 4) is 5.69 Å². The minimum Gasteiger partial charge on any atom is -0.478 e. The van der Waals surface area contributed by atoms with Crippen molar-refractivity contribution in [2.45, 2.75) is 11.8 Å². The zero-order chi connectivity index (χ0) is 18.9. The molecule has 0 spiro atoms. The number of hydrogen-bond donors (Lipinski definition) is 2. The Morgan fingerprint density at radius 1 is 1.19 bits per heavy atom. The lowest BCUT2D eigenvalue weighted by atomic mass is 10.2. The van der Waals surface area contributed by atoms with Crippen LogP contribution in [0.1, 0.15) is 16.1 Å². The molecule has 0 fully saturated rings. The first-order valence-corrected chi connectivity index (χ1v) is 8.93. The molecule has 7 nitrogen and oxygen atoms in total. The van der Waals surface area contributed by atoms with Gasteiger partial charge in [0, 0.05) is 6.20 Å². The molecule has 0 aliphatic rings. The van der Waals surface area contributed by atoms with E-state index in [2.05, 4.69) is 9.82 Å². The van der Waals surface area contributed by atoms with Gasteiger partial charge in [0.15, 0.2) is 0 Å². The molecule has 26 heavy (non-hydrogen) atoms. The Labute approximate surface area is 148 Å². The quantitative estimate of drug-likeness (QED) is 0.714. The van der Waals surface area contributed by atoms with Gasteiger partial charge in [-0.25, -0.2) is 22.3 Å². The Bertz CT molecular complexity index is 1090. The van der Waals surface area contributed by atoms with Gasteiger partial charge in [-0.05, 0) is 49.4 Å². The number of sulfonamides is 1. The normalized spacial score (nSPS) is 11.3. The van der Waals surface area contributed by atoms with Crippen molar-refractivity contribution in [2.24, 2.45) is 0 Å². The summed E-state index contributed by atoms with van der Waals surface area (Å²) in [5.41, 5.74) is 1.31. The first kappa shape index (κ1) is 17.6. The predicted octanol–water partition coefficient (Wildman–Crippen LogP) is 2.82. The van der Waals surface area contributed by atoms with E-state index in [1.165, 1.54) is 6.07 Å². The Balaban J connectivity index is 1.92. The average molecular weight is 375 g/mol. The van der Waals surface area contributed by atoms with Crippen LogP contribution in [-0.4, -0.2) is 29.3 Å². The number of carboxylic acid groups (broad SMARTS) is 1. The van der Waals surface area contributed by atoms with Gasteiger partial charge in [0.25, 0.3) is 10.0 Å². The van der Waals surface area contributed by atoms with E-state index in [9.17, 15) is 17.6 Å². The van der Waals surface area contributed by atoms with Crippen LogP contribution in [-0.2, 0) is 10.0 Å². The van der Waals surface area contributed by atoms with E-state index in [0.717, 1.165) is 17.8 Å². The first-order valence-electron chi connectivity index (χ1n) is 7.45. The maximum absolute atomic E-state index is 14.1. The molecule has 134 valence electrons. The van der Waals surface area contributed by atoms with Crippen molar-refractivity contribution in [3.63, 3.8) is 0 Å². The number of nitrogens with zero attached hydrogens (tertiary/aromatic N) is 2. The second-order valence-corrected chi connectivity index (χ2v) is 7.16. The maximum atomic E-state index is 14.1. The smallest absolute Gasteiger partial charge is 0.335 e. The molecule has 2 aromatic carbocycles. The maximum Gasteiger partial charge on any atom is 0.335 e. The summed E-state index contributed by atoms with van der Waals surface area (Å²) < 4.78 is 42.8. The Hall–Kier alpha value is -3.20. The fourth-order valence-electron chi connectivity index (χ4n) is 2.33. The van der Waals surface area contributed by atoms with Crippen LogP contribution in [0.15, 0.2) is 59.6 Å². The Kier molecular flexibility index (Phi) is 4.47. The molecule has 0 aliphatic carbocycles. The van der Waals surface area contributed by atoms with Crippen molar-refractivity contribution in [2.75, 3.05) is 4.72 Å². The zero-order valence-corrected chi connectivity index (χ0v) is 14.4. The number of hydrogen-bond acceptors (Lipinski definition) is 4. The van der Waals surface area contributed by atoms with E-state index in [-0.39, 0.29) is 11.3 Å². The highest BCUT2D eigenvalue weighted by Gasteiger charge is 2.21. The molecular formula is C17H14FN3O4S. The molecule has 3 aromatic rings. The molecule has 0 saturated carbocycles. The highest BCUT2D eigenvalue weighted by Crippen LogP contribution is 2.21. The third-order valence-electron chi connectivity index (χ3n) is 3.55. The van der Waals surface area contributed by atoms with Crippen LogP contribution < -0.4 is 4.72 Å². The number of halogens is 1. The molecule has 0 bridgehead atoms. The van der Waals surface area contributed by atoms with Crippen molar-refractivity contribution >= 4 is 21.7 Å². The van der Waals surface area contributed by atoms with Gasteiger partial charge < -0.3 is 5.11 Å². The van der Waals surface area contributed by atoms with Gasteiger partial charge in [0.1, 0.15) is 10.7 Å². The first-order chi connectivity index (χ1) is 12.3. The summed E-state index contributed by atoms with van der Waals surface area (Å²) in [6, 6.07) is 10.9. The molecule has 1 heterocycles. The van der Waals surface area contributed by atoms with Crippen LogP contribution in [0.4, 0.5) is 10.1 Å². The van der Waals surface area contributed by atoms with Gasteiger partial charge in [0.05, 0.1) is 22.6 Å². The van der Waals surface area contributed by atoms with Crippen LogP contribution in [0.25, 0.3) is 5.69 Å². The number of aromatic nitrogens is 2. The van der Waals surface area contributed by atoms with Crippen LogP contribution in [0.3, 0.4) is 0 Å². The highest BCUT2D eigenvalue weighted by atomic mass is 32.2. The van der Waals surface area contributed by atoms with Crippen molar-refractivity contribution in [1.82, 2.24) is 9.78 Å². The number of aryl methyl sites for hydroxylation is 1. The van der Waals surface area contributed by atoms with E-state index in [4.69, 9.17) is 5.11 Å². The van der Waals surface area contributed by atoms with Gasteiger partial charge in [-0.2, -0.15) is 5.10 Å². The number of benzene rings is 2. The van der Waals surface area contributed by atoms with E-state index < -0.39 is 26.7 Å². The molecule has 3 rings (SSSR count). The van der Waals surface area contributed by atoms with Crippen LogP contribution in [0.5, 0.6) is 0 Å². The van der Waals surface area contributed by atoms with Crippen molar-refractivity contribution in [3.05, 3.63) is 71.8 Å². The minimum absolute atomic E-state index is 0.220. The number of nitrogens with one attached hydrogen (secondary N) is 1. The molecule has 2 N–H and O–H groups in total. The van der Waals surface area contributed by atoms with E-state index in [1.807, 2.05) is 6.92 Å². The summed E-state index contributed by atoms with van der Waals surface area (Å²) in [7, 11) is -4.23. The fraction of sp³-hybridized carbons (Fsp3) is 0.0588. The average Bonchev–Trinajstić information content (AvgIpc) is 3.01. The Morgan fingerprint density at radius 2 is 1.96 bits per heavy atom. The van der Waals surface area contributed by atoms with Crippen LogP contribution in [0, 0.1) is 12.7 Å². The van der Waals surface area contributed by atoms with E-state index >= 15 is 0 Å². The third-order valence-corrected chi connectivity index (χ3v) is 4.97. The number of aromatic carboxylic acids is 1. The van der Waals surface area contributed by atoms with Crippen molar-refractivity contribution < 1.29 is 22.7 Å². The van der Waals surface area contributed by atoms with Crippen LogP contribution >= 0.6 is 0 Å². The molecule has 0 unspecified atom stereocenters. The van der Waals surface area contributed by atoms with Gasteiger partial charge in [-0.1, -0.05) is 6.07 Å². The SMILES string of the molecule is Cc1ccn(-c2cccc(NS(=O)(=O)c3ccc(C(=O)O)cc3F)c2)n1. The second-order valence-electron chi connectivity index (χ2n) is 5.51. The topological polar surface area (TPSA) is 101 Å². The number of carbonyl (C=O) groups is 1. The molecule has 1 aromatic heterocycles. The summed E-state index contributed by atoms with van der Waals surface area (Å²) in [5.74, 6) is -2.49. The summed E-state index contributed by atoms with van der Waals surface area (Å²) in [6.07, 6.45) is 1.73. The lowest BCUT2D eigenvalue weighted by molar-refractivity contribution is 0.0696. The van der Waals surface area contributed by atoms with Crippen LogP contribution in [0.2, 0.25) is 0 Å². The highest BCUT2D eigenvalue weighted by molar-refractivity contribution is 7.92. The van der Waals surface area contributed by atoms with E-state index in [1.54, 1.807) is 35.1 Å². The largest absolute Gasteiger partial charge is 0.478 e. The summed E-state index contributed by atoms with van der Waals surface area (Å²) in [4.78, 5) is 10.2. The number of anilines is 1. The van der Waals surface area contributed by atoms with Gasteiger partial charge >= 0.3 is 5.97 Å². The molecule has 0 saturated heterocycles. The molecule has 0 atom stereocenters. The number of rotatable bonds is 5. The fourth-order valence-corrected chi connectivity index (χ4v) is 3.44. The second kappa shape index (κ2) is 6.60. The molecule has 9 heteroatoms. The van der Waals surface area contributed by atoms with Crippen molar-refractivity contribution in [1.29, 1.82) is 0 Å². The molecular weight excluding hydrogens is 361 g/mol. The standard InChI is InChI=1S/C17H14FN3O4S/c1-11-7-8-21(19-11)14-4-2-3-13(10-14)20-26(24,25)16-6-5-12(17(22)23)9-15(16)18/h2-10,20H,1H3,(H,22,23). The Morgan fingerprint density at radius 3 is 2.58 bits per heavy atom. The molecule has 0 aliphatic heterocycles. The third kappa shape index (κ3) is 3.57. The molecule has 0 radical (unpaired) electrons. The summed E-state index contributed by atoms with van der Waals surface area (Å²) >= 11 is 0. The lowest BCUT2D eigenvalue weighted by Crippen LogP contribution is -2.15. The van der Waals surface area contributed by atoms with Gasteiger partial charge in [-0.15, -0.1) is 0 Å². The lowest BCUT2D eigenvalue weighted by Gasteiger charge is -2.11. The minimum atomic E-state index is -4.23. The monoisotopic (exact) mass is 375 g/mol. The zero-order valence-electron chi connectivity index (χ0n) is 13.5. The van der Waals surface area contributed by atoms with Gasteiger partial charge in [0.2, 0.25) is 0 Å². The predicted molar refractivity (Wildman–Crippen MR) is 92.5 cm³/mol. The molecule has 0 amide bonds. The van der Waals surface area contributed by atoms with Gasteiger partial charge in [-0.3, -0.25) is 4.72 Å².